The van der Waals surface area contributed by atoms with Crippen molar-refractivity contribution in [2.24, 2.45) is 0 Å². The minimum atomic E-state index is 0.128. The highest BCUT2D eigenvalue weighted by atomic mass is 32.2. The summed E-state index contributed by atoms with van der Waals surface area (Å²) in [4.78, 5) is 22.3. The van der Waals surface area contributed by atoms with Crippen molar-refractivity contribution in [3.05, 3.63) is 34.9 Å². The number of fused-ring (bicyclic) bond motifs is 1. The van der Waals surface area contributed by atoms with Crippen molar-refractivity contribution in [3.8, 4) is 11.8 Å². The Morgan fingerprint density at radius 3 is 3.00 bits per heavy atom. The second-order valence-corrected chi connectivity index (χ2v) is 5.42. The lowest BCUT2D eigenvalue weighted by atomic mass is 10.0. The Bertz CT molecular complexity index is 549. The maximum atomic E-state index is 11.6. The van der Waals surface area contributed by atoms with E-state index in [4.69, 9.17) is 0 Å². The molecule has 0 aromatic heterocycles. The number of ketones is 1. The molecule has 0 saturated heterocycles. The summed E-state index contributed by atoms with van der Waals surface area (Å²) in [5.41, 5.74) is 2.89. The zero-order valence-corrected chi connectivity index (χ0v) is 11.1. The second kappa shape index (κ2) is 5.88. The molecule has 0 aliphatic heterocycles. The lowest BCUT2D eigenvalue weighted by molar-refractivity contribution is -0.109. The quantitative estimate of drug-likeness (QED) is 0.604. The van der Waals surface area contributed by atoms with Crippen LogP contribution in [0.4, 0.5) is 0 Å². The maximum absolute atomic E-state index is 11.6. The summed E-state index contributed by atoms with van der Waals surface area (Å²) >= 11 is 1.30. The average Bonchev–Trinajstić information content (AvgIpc) is 2.71. The fourth-order valence-corrected chi connectivity index (χ4v) is 2.50. The topological polar surface area (TPSA) is 34.1 Å². The van der Waals surface area contributed by atoms with Crippen LogP contribution < -0.4 is 0 Å². The predicted octanol–water partition coefficient (Wildman–Crippen LogP) is 2.84. The minimum Gasteiger partial charge on any atom is -0.294 e. The van der Waals surface area contributed by atoms with Crippen LogP contribution in [0.25, 0.3) is 0 Å². The molecule has 0 radical (unpaired) electrons. The first-order valence-electron chi connectivity index (χ1n) is 5.96. The van der Waals surface area contributed by atoms with Gasteiger partial charge in [-0.25, -0.2) is 0 Å². The summed E-state index contributed by atoms with van der Waals surface area (Å²) in [6.07, 6.45) is 2.11. The Morgan fingerprint density at radius 1 is 1.39 bits per heavy atom. The number of hydrogen-bond donors (Lipinski definition) is 0. The SMILES string of the molecule is CC(=O)SCCC#Cc1cccc2c1CCC2=O. The highest BCUT2D eigenvalue weighted by molar-refractivity contribution is 8.13. The van der Waals surface area contributed by atoms with E-state index in [-0.39, 0.29) is 10.9 Å². The monoisotopic (exact) mass is 258 g/mol. The van der Waals surface area contributed by atoms with Crippen LogP contribution >= 0.6 is 11.8 Å². The summed E-state index contributed by atoms with van der Waals surface area (Å²) in [5.74, 6) is 7.14. The maximum Gasteiger partial charge on any atom is 0.185 e. The summed E-state index contributed by atoms with van der Waals surface area (Å²) in [7, 11) is 0. The van der Waals surface area contributed by atoms with Gasteiger partial charge in [0.2, 0.25) is 0 Å². The second-order valence-electron chi connectivity index (χ2n) is 4.15. The van der Waals surface area contributed by atoms with Gasteiger partial charge in [0.1, 0.15) is 0 Å². The van der Waals surface area contributed by atoms with Crippen molar-refractivity contribution < 1.29 is 9.59 Å². The van der Waals surface area contributed by atoms with Crippen LogP contribution in [0.1, 0.15) is 41.3 Å². The molecular weight excluding hydrogens is 244 g/mol. The largest absolute Gasteiger partial charge is 0.294 e. The van der Waals surface area contributed by atoms with Gasteiger partial charge in [-0.05, 0) is 18.1 Å². The number of carbonyl (C=O) groups excluding carboxylic acids is 2. The summed E-state index contributed by atoms with van der Waals surface area (Å²) in [6, 6.07) is 5.72. The molecular formula is C15H14O2S. The molecule has 0 bridgehead atoms. The van der Waals surface area contributed by atoms with E-state index < -0.39 is 0 Å². The van der Waals surface area contributed by atoms with Crippen LogP contribution in [-0.2, 0) is 11.2 Å². The van der Waals surface area contributed by atoms with E-state index >= 15 is 0 Å². The molecule has 2 rings (SSSR count). The van der Waals surface area contributed by atoms with E-state index in [1.54, 1.807) is 6.92 Å². The van der Waals surface area contributed by atoms with Crippen molar-refractivity contribution in [1.29, 1.82) is 0 Å². The first kappa shape index (κ1) is 12.9. The fourth-order valence-electron chi connectivity index (χ4n) is 2.01. The molecule has 0 fully saturated rings. The van der Waals surface area contributed by atoms with Crippen molar-refractivity contribution in [1.82, 2.24) is 0 Å². The molecule has 3 heteroatoms. The number of hydrogen-bond acceptors (Lipinski definition) is 3. The summed E-state index contributed by atoms with van der Waals surface area (Å²) in [5, 5.41) is 0.128. The molecule has 0 unspecified atom stereocenters. The Kier molecular flexibility index (Phi) is 4.22. The first-order valence-corrected chi connectivity index (χ1v) is 6.94. The smallest absolute Gasteiger partial charge is 0.185 e. The van der Waals surface area contributed by atoms with Gasteiger partial charge in [-0.2, -0.15) is 0 Å². The number of benzene rings is 1. The fraction of sp³-hybridized carbons (Fsp3) is 0.333. The molecule has 1 aliphatic carbocycles. The van der Waals surface area contributed by atoms with E-state index in [1.807, 2.05) is 18.2 Å². The molecule has 0 N–H and O–H groups in total. The van der Waals surface area contributed by atoms with Crippen LogP contribution in [0, 0.1) is 11.8 Å². The summed E-state index contributed by atoms with van der Waals surface area (Å²) < 4.78 is 0. The van der Waals surface area contributed by atoms with Crippen molar-refractivity contribution in [2.75, 3.05) is 5.75 Å². The molecule has 1 aromatic carbocycles. The molecule has 0 spiro atoms. The average molecular weight is 258 g/mol. The lowest BCUT2D eigenvalue weighted by Gasteiger charge is -1.99. The molecule has 0 amide bonds. The van der Waals surface area contributed by atoms with Gasteiger partial charge < -0.3 is 0 Å². The standard InChI is InChI=1S/C15H14O2S/c1-11(16)18-10-3-2-5-12-6-4-7-14-13(12)8-9-15(14)17/h4,6-7H,3,8-10H2,1H3. The van der Waals surface area contributed by atoms with E-state index in [1.165, 1.54) is 11.8 Å². The van der Waals surface area contributed by atoms with Crippen LogP contribution in [-0.4, -0.2) is 16.7 Å². The van der Waals surface area contributed by atoms with E-state index in [9.17, 15) is 9.59 Å². The molecule has 0 atom stereocenters. The Hall–Kier alpha value is -1.53. The van der Waals surface area contributed by atoms with Crippen LogP contribution in [0.3, 0.4) is 0 Å². The van der Waals surface area contributed by atoms with E-state index in [0.29, 0.717) is 12.8 Å². The minimum absolute atomic E-state index is 0.128. The molecule has 0 saturated carbocycles. The van der Waals surface area contributed by atoms with Gasteiger partial charge in [-0.1, -0.05) is 35.7 Å². The number of Topliss-reactive ketones (excluding diaryl/α,β-unsaturated/α-hetero) is 1. The Balaban J connectivity index is 2.05. The van der Waals surface area contributed by atoms with Crippen molar-refractivity contribution >= 4 is 22.7 Å². The van der Waals surface area contributed by atoms with Crippen LogP contribution in [0.15, 0.2) is 18.2 Å². The first-order chi connectivity index (χ1) is 8.68. The molecule has 0 heterocycles. The Labute approximate surface area is 111 Å². The normalized spacial score (nSPS) is 12.8. The van der Waals surface area contributed by atoms with Gasteiger partial charge in [0.15, 0.2) is 10.9 Å². The molecule has 1 aromatic rings. The highest BCUT2D eigenvalue weighted by Gasteiger charge is 2.20. The van der Waals surface area contributed by atoms with Gasteiger partial charge in [0.05, 0.1) is 0 Å². The third kappa shape index (κ3) is 3.02. The third-order valence-corrected chi connectivity index (χ3v) is 3.65. The zero-order chi connectivity index (χ0) is 13.0. The van der Waals surface area contributed by atoms with E-state index in [2.05, 4.69) is 11.8 Å². The molecule has 18 heavy (non-hydrogen) atoms. The summed E-state index contributed by atoms with van der Waals surface area (Å²) in [6.45, 7) is 1.56. The number of carbonyl (C=O) groups is 2. The zero-order valence-electron chi connectivity index (χ0n) is 10.3. The van der Waals surface area contributed by atoms with Gasteiger partial charge in [-0.15, -0.1) is 0 Å². The van der Waals surface area contributed by atoms with Crippen molar-refractivity contribution in [2.45, 2.75) is 26.2 Å². The van der Waals surface area contributed by atoms with Crippen molar-refractivity contribution in [3.63, 3.8) is 0 Å². The third-order valence-electron chi connectivity index (χ3n) is 2.83. The predicted molar refractivity (Wildman–Crippen MR) is 73.7 cm³/mol. The lowest BCUT2D eigenvalue weighted by Crippen LogP contribution is -1.92. The molecule has 1 aliphatic rings. The number of thioether (sulfide) groups is 1. The van der Waals surface area contributed by atoms with Crippen LogP contribution in [0.2, 0.25) is 0 Å². The molecule has 92 valence electrons. The Morgan fingerprint density at radius 2 is 2.22 bits per heavy atom. The number of rotatable bonds is 2. The van der Waals surface area contributed by atoms with Gasteiger partial charge >= 0.3 is 0 Å². The van der Waals surface area contributed by atoms with E-state index in [0.717, 1.165) is 28.9 Å². The van der Waals surface area contributed by atoms with Crippen LogP contribution in [0.5, 0.6) is 0 Å². The highest BCUT2D eigenvalue weighted by Crippen LogP contribution is 2.24. The van der Waals surface area contributed by atoms with Gasteiger partial charge in [-0.3, -0.25) is 9.59 Å². The van der Waals surface area contributed by atoms with Gasteiger partial charge in [0.25, 0.3) is 0 Å². The van der Waals surface area contributed by atoms with Gasteiger partial charge in [0, 0.05) is 36.6 Å². The molecule has 2 nitrogen and oxygen atoms in total.